The van der Waals surface area contributed by atoms with Gasteiger partial charge in [0.1, 0.15) is 5.69 Å². The van der Waals surface area contributed by atoms with Crippen LogP contribution in [0.2, 0.25) is 0 Å². The van der Waals surface area contributed by atoms with Crippen molar-refractivity contribution >= 4 is 17.3 Å². The highest BCUT2D eigenvalue weighted by molar-refractivity contribution is 5.97. The summed E-state index contributed by atoms with van der Waals surface area (Å²) >= 11 is 0. The zero-order valence-corrected chi connectivity index (χ0v) is 12.0. The number of benzene rings is 1. The van der Waals surface area contributed by atoms with Crippen LogP contribution in [0.3, 0.4) is 0 Å². The van der Waals surface area contributed by atoms with Crippen molar-refractivity contribution in [1.82, 2.24) is 5.32 Å². The van der Waals surface area contributed by atoms with Crippen molar-refractivity contribution in [3.05, 3.63) is 33.9 Å². The minimum Gasteiger partial charge on any atom is -0.319 e. The molecule has 3 rings (SSSR count). The van der Waals surface area contributed by atoms with Gasteiger partial charge in [-0.1, -0.05) is 12.5 Å². The normalized spacial score (nSPS) is 27.4. The van der Waals surface area contributed by atoms with Gasteiger partial charge >= 0.3 is 0 Å². The lowest BCUT2D eigenvalue weighted by molar-refractivity contribution is -0.384. The van der Waals surface area contributed by atoms with Crippen LogP contribution < -0.4 is 10.6 Å². The van der Waals surface area contributed by atoms with Crippen LogP contribution in [-0.4, -0.2) is 23.4 Å². The summed E-state index contributed by atoms with van der Waals surface area (Å²) in [5.41, 5.74) is 1.03. The number of nitro groups is 1. The molecule has 0 spiro atoms. The Morgan fingerprint density at radius 1 is 1.43 bits per heavy atom. The molecular weight excluding hydrogens is 270 g/mol. The average Bonchev–Trinajstić information content (AvgIpc) is 3.02. The molecule has 1 aliphatic heterocycles. The van der Waals surface area contributed by atoms with Gasteiger partial charge in [-0.25, -0.2) is 0 Å². The predicted molar refractivity (Wildman–Crippen MR) is 79.1 cm³/mol. The van der Waals surface area contributed by atoms with E-state index >= 15 is 0 Å². The summed E-state index contributed by atoms with van der Waals surface area (Å²) in [7, 11) is 0. The van der Waals surface area contributed by atoms with E-state index in [-0.39, 0.29) is 23.3 Å². The van der Waals surface area contributed by atoms with Gasteiger partial charge in [0.2, 0.25) is 5.91 Å². The summed E-state index contributed by atoms with van der Waals surface area (Å²) in [6.07, 6.45) is 3.41. The van der Waals surface area contributed by atoms with Gasteiger partial charge in [0.15, 0.2) is 0 Å². The Morgan fingerprint density at radius 3 is 3.00 bits per heavy atom. The van der Waals surface area contributed by atoms with Crippen molar-refractivity contribution in [3.8, 4) is 0 Å². The van der Waals surface area contributed by atoms with Crippen LogP contribution >= 0.6 is 0 Å². The van der Waals surface area contributed by atoms with E-state index in [0.29, 0.717) is 11.8 Å². The van der Waals surface area contributed by atoms with Crippen molar-refractivity contribution in [2.75, 3.05) is 11.9 Å². The number of aryl methyl sites for hydroxylation is 1. The average molecular weight is 289 g/mol. The van der Waals surface area contributed by atoms with Crippen molar-refractivity contribution in [2.45, 2.75) is 32.2 Å². The fourth-order valence-electron chi connectivity index (χ4n) is 3.58. The summed E-state index contributed by atoms with van der Waals surface area (Å²) in [6.45, 7) is 2.67. The summed E-state index contributed by atoms with van der Waals surface area (Å²) in [6, 6.07) is 4.63. The van der Waals surface area contributed by atoms with Gasteiger partial charge in [-0.2, -0.15) is 0 Å². The number of carbonyl (C=O) groups excluding carboxylic acids is 1. The highest BCUT2D eigenvalue weighted by Gasteiger charge is 2.42. The molecule has 1 saturated heterocycles. The first-order valence-corrected chi connectivity index (χ1v) is 7.35. The maximum atomic E-state index is 12.4. The molecule has 2 aliphatic rings. The van der Waals surface area contributed by atoms with Crippen molar-refractivity contribution in [1.29, 1.82) is 0 Å². The van der Waals surface area contributed by atoms with Gasteiger partial charge in [0, 0.05) is 6.07 Å². The molecule has 3 atom stereocenters. The van der Waals surface area contributed by atoms with Crippen LogP contribution in [0.15, 0.2) is 18.2 Å². The number of nitrogens with zero attached hydrogens (tertiary/aromatic N) is 1. The molecular formula is C15H19N3O3. The van der Waals surface area contributed by atoms with E-state index in [9.17, 15) is 14.9 Å². The first-order chi connectivity index (χ1) is 10.1. The van der Waals surface area contributed by atoms with Gasteiger partial charge in [0.25, 0.3) is 5.69 Å². The summed E-state index contributed by atoms with van der Waals surface area (Å²) in [5, 5.41) is 17.1. The number of nitrogens with one attached hydrogen (secondary N) is 2. The SMILES string of the molecule is Cc1ccc(NC(=O)C2NCC3CCCC32)c([N+](=O)[O-])c1. The standard InChI is InChI=1S/C15H19N3O3/c1-9-5-6-12(13(7-9)18(20)21)17-15(19)14-11-4-2-3-10(11)8-16-14/h5-7,10-11,14,16H,2-4,8H2,1H3,(H,17,19). The van der Waals surface area contributed by atoms with E-state index in [2.05, 4.69) is 10.6 Å². The molecule has 1 saturated carbocycles. The molecule has 0 radical (unpaired) electrons. The Labute approximate surface area is 123 Å². The van der Waals surface area contributed by atoms with E-state index in [0.717, 1.165) is 18.5 Å². The summed E-state index contributed by atoms with van der Waals surface area (Å²) in [4.78, 5) is 23.1. The molecule has 1 aromatic rings. The molecule has 1 aliphatic carbocycles. The van der Waals surface area contributed by atoms with Crippen molar-refractivity contribution in [3.63, 3.8) is 0 Å². The molecule has 1 amide bonds. The minimum absolute atomic E-state index is 0.0516. The van der Waals surface area contributed by atoms with Crippen LogP contribution in [0.4, 0.5) is 11.4 Å². The van der Waals surface area contributed by atoms with E-state index in [4.69, 9.17) is 0 Å². The molecule has 112 valence electrons. The number of carbonyl (C=O) groups is 1. The molecule has 1 aromatic carbocycles. The number of hydrogen-bond donors (Lipinski definition) is 2. The first kappa shape index (κ1) is 14.0. The Hall–Kier alpha value is -1.95. The number of rotatable bonds is 3. The van der Waals surface area contributed by atoms with E-state index in [1.807, 2.05) is 0 Å². The third kappa shape index (κ3) is 2.63. The van der Waals surface area contributed by atoms with Crippen LogP contribution in [0.25, 0.3) is 0 Å². The Morgan fingerprint density at radius 2 is 2.24 bits per heavy atom. The number of hydrogen-bond acceptors (Lipinski definition) is 4. The fraction of sp³-hybridized carbons (Fsp3) is 0.533. The van der Waals surface area contributed by atoms with E-state index in [1.54, 1.807) is 19.1 Å². The molecule has 2 N–H and O–H groups in total. The van der Waals surface area contributed by atoms with Gasteiger partial charge in [0.05, 0.1) is 11.0 Å². The highest BCUT2D eigenvalue weighted by Crippen LogP contribution is 2.38. The fourth-order valence-corrected chi connectivity index (χ4v) is 3.58. The van der Waals surface area contributed by atoms with Gasteiger partial charge in [-0.15, -0.1) is 0 Å². The number of anilines is 1. The van der Waals surface area contributed by atoms with Gasteiger partial charge in [-0.3, -0.25) is 14.9 Å². The quantitative estimate of drug-likeness (QED) is 0.660. The second-order valence-corrected chi connectivity index (χ2v) is 6.01. The zero-order valence-electron chi connectivity index (χ0n) is 12.0. The van der Waals surface area contributed by atoms with Crippen LogP contribution in [0.1, 0.15) is 24.8 Å². The van der Waals surface area contributed by atoms with Crippen molar-refractivity contribution < 1.29 is 9.72 Å². The number of nitro benzene ring substituents is 1. The second kappa shape index (κ2) is 5.44. The third-order valence-electron chi connectivity index (χ3n) is 4.64. The Balaban J connectivity index is 1.77. The van der Waals surface area contributed by atoms with E-state index < -0.39 is 4.92 Å². The predicted octanol–water partition coefficient (Wildman–Crippen LogP) is 2.23. The van der Waals surface area contributed by atoms with Crippen molar-refractivity contribution in [2.24, 2.45) is 11.8 Å². The minimum atomic E-state index is -0.455. The molecule has 0 bridgehead atoms. The second-order valence-electron chi connectivity index (χ2n) is 6.01. The van der Waals surface area contributed by atoms with Crippen LogP contribution in [0.5, 0.6) is 0 Å². The zero-order chi connectivity index (χ0) is 15.0. The molecule has 6 heteroatoms. The van der Waals surface area contributed by atoms with E-state index in [1.165, 1.54) is 18.9 Å². The lowest BCUT2D eigenvalue weighted by Gasteiger charge is -2.17. The summed E-state index contributed by atoms with van der Waals surface area (Å²) < 4.78 is 0. The van der Waals surface area contributed by atoms with Gasteiger partial charge in [-0.05, 0) is 49.8 Å². The molecule has 1 heterocycles. The Kier molecular flexibility index (Phi) is 3.63. The molecule has 6 nitrogen and oxygen atoms in total. The first-order valence-electron chi connectivity index (χ1n) is 7.35. The van der Waals surface area contributed by atoms with Crippen LogP contribution in [0, 0.1) is 28.9 Å². The Bertz CT molecular complexity index is 588. The largest absolute Gasteiger partial charge is 0.319 e. The monoisotopic (exact) mass is 289 g/mol. The molecule has 21 heavy (non-hydrogen) atoms. The smallest absolute Gasteiger partial charge is 0.293 e. The highest BCUT2D eigenvalue weighted by atomic mass is 16.6. The maximum absolute atomic E-state index is 12.4. The number of amides is 1. The van der Waals surface area contributed by atoms with Gasteiger partial charge < -0.3 is 10.6 Å². The lowest BCUT2D eigenvalue weighted by Crippen LogP contribution is -2.39. The molecule has 3 unspecified atom stereocenters. The number of fused-ring (bicyclic) bond motifs is 1. The molecule has 2 fully saturated rings. The third-order valence-corrected chi connectivity index (χ3v) is 4.64. The summed E-state index contributed by atoms with van der Waals surface area (Å²) in [5.74, 6) is 0.791. The maximum Gasteiger partial charge on any atom is 0.293 e. The van der Waals surface area contributed by atoms with Crippen LogP contribution in [-0.2, 0) is 4.79 Å². The lowest BCUT2D eigenvalue weighted by atomic mass is 9.93. The molecule has 0 aromatic heterocycles. The topological polar surface area (TPSA) is 84.3 Å².